The first-order chi connectivity index (χ1) is 21.9. The van der Waals surface area contributed by atoms with E-state index in [9.17, 15) is 19.6 Å². The molecule has 5 rings (SSSR count). The van der Waals surface area contributed by atoms with Crippen LogP contribution in [0.25, 0.3) is 0 Å². The summed E-state index contributed by atoms with van der Waals surface area (Å²) in [5.41, 5.74) is 9.26. The summed E-state index contributed by atoms with van der Waals surface area (Å²) in [5, 5.41) is 16.5. The predicted octanol–water partition coefficient (Wildman–Crippen LogP) is 5.58. The molecule has 0 bridgehead atoms. The summed E-state index contributed by atoms with van der Waals surface area (Å²) >= 11 is 0. The Morgan fingerprint density at radius 1 is 0.756 bits per heavy atom. The maximum absolute atomic E-state index is 13.7. The highest BCUT2D eigenvalue weighted by Crippen LogP contribution is 2.44. The molecule has 0 aliphatic carbocycles. The van der Waals surface area contributed by atoms with Gasteiger partial charge in [-0.15, -0.1) is 0 Å². The lowest BCUT2D eigenvalue weighted by atomic mass is 9.80. The molecule has 1 aliphatic heterocycles. The predicted molar refractivity (Wildman–Crippen MR) is 170 cm³/mol. The molecular weight excluding hydrogens is 570 g/mol. The second-order valence-corrected chi connectivity index (χ2v) is 9.87. The number of nitrogens with one attached hydrogen (secondary N) is 2. The number of allylic oxidation sites excluding steroid dienone is 1. The summed E-state index contributed by atoms with van der Waals surface area (Å²) in [7, 11) is 2.33. The average molecular weight is 600 g/mol. The van der Waals surface area contributed by atoms with Crippen LogP contribution in [-0.4, -0.2) is 32.1 Å². The van der Waals surface area contributed by atoms with E-state index >= 15 is 0 Å². The highest BCUT2D eigenvalue weighted by atomic mass is 16.5. The molecule has 1 atom stereocenters. The SMILES string of the molecule is COC(=O)C1=C(C(=O)OC)N(c2ccccc2C(=O)Nc2ccc(Nc3ccccc3)cc2)C(N)=C(C#N)C1c1ccccc1. The van der Waals surface area contributed by atoms with Crippen LogP contribution in [0.1, 0.15) is 21.8 Å². The smallest absolute Gasteiger partial charge is 0.355 e. The van der Waals surface area contributed by atoms with Crippen molar-refractivity contribution in [3.05, 3.63) is 143 Å². The molecule has 45 heavy (non-hydrogen) atoms. The Labute approximate surface area is 260 Å². The standard InChI is InChI=1S/C35H29N5O5/c1-44-34(42)30-29(22-11-5-3-6-12-22)27(21-36)32(37)40(31(30)35(43)45-2)28-16-10-9-15-26(28)33(41)39-25-19-17-24(18-20-25)38-23-13-7-4-8-14-23/h3-20,29,38H,37H2,1-2H3,(H,39,41). The van der Waals surface area contributed by atoms with Gasteiger partial charge in [0.15, 0.2) is 0 Å². The third-order valence-corrected chi connectivity index (χ3v) is 7.21. The van der Waals surface area contributed by atoms with Crippen molar-refractivity contribution in [2.45, 2.75) is 5.92 Å². The monoisotopic (exact) mass is 599 g/mol. The molecule has 4 aromatic rings. The Kier molecular flexibility index (Phi) is 8.91. The van der Waals surface area contributed by atoms with E-state index in [-0.39, 0.29) is 33.9 Å². The van der Waals surface area contributed by atoms with Crippen LogP contribution in [0.15, 0.2) is 132 Å². The molecule has 0 fully saturated rings. The van der Waals surface area contributed by atoms with Crippen molar-refractivity contribution in [2.24, 2.45) is 5.73 Å². The van der Waals surface area contributed by atoms with Crippen molar-refractivity contribution in [3.8, 4) is 6.07 Å². The topological polar surface area (TPSA) is 147 Å². The number of methoxy groups -OCH3 is 2. The van der Waals surface area contributed by atoms with Crippen molar-refractivity contribution in [1.82, 2.24) is 0 Å². The maximum atomic E-state index is 13.7. The van der Waals surface area contributed by atoms with E-state index in [2.05, 4.69) is 16.7 Å². The van der Waals surface area contributed by atoms with E-state index < -0.39 is 23.8 Å². The zero-order valence-corrected chi connectivity index (χ0v) is 24.5. The van der Waals surface area contributed by atoms with E-state index in [1.807, 2.05) is 42.5 Å². The van der Waals surface area contributed by atoms with Crippen LogP contribution in [0.2, 0.25) is 0 Å². The molecule has 1 aliphatic rings. The fourth-order valence-electron chi connectivity index (χ4n) is 5.15. The molecule has 10 nitrogen and oxygen atoms in total. The number of para-hydroxylation sites is 2. The van der Waals surface area contributed by atoms with E-state index in [1.165, 1.54) is 12.0 Å². The molecule has 4 N–H and O–H groups in total. The number of amides is 1. The lowest BCUT2D eigenvalue weighted by molar-refractivity contribution is -0.139. The maximum Gasteiger partial charge on any atom is 0.355 e. The molecule has 1 unspecified atom stereocenters. The summed E-state index contributed by atoms with van der Waals surface area (Å²) < 4.78 is 10.2. The Morgan fingerprint density at radius 3 is 1.93 bits per heavy atom. The Bertz CT molecular complexity index is 1850. The third-order valence-electron chi connectivity index (χ3n) is 7.21. The fourth-order valence-corrected chi connectivity index (χ4v) is 5.15. The largest absolute Gasteiger partial charge is 0.466 e. The van der Waals surface area contributed by atoms with E-state index in [4.69, 9.17) is 15.2 Å². The molecule has 4 aromatic carbocycles. The van der Waals surface area contributed by atoms with Gasteiger partial charge >= 0.3 is 11.9 Å². The van der Waals surface area contributed by atoms with Crippen LogP contribution >= 0.6 is 0 Å². The number of carbonyl (C=O) groups is 3. The number of hydrogen-bond acceptors (Lipinski definition) is 9. The van der Waals surface area contributed by atoms with E-state index in [0.29, 0.717) is 11.3 Å². The van der Waals surface area contributed by atoms with Crippen LogP contribution in [0.5, 0.6) is 0 Å². The van der Waals surface area contributed by atoms with Crippen LogP contribution < -0.4 is 21.3 Å². The second kappa shape index (κ2) is 13.3. The van der Waals surface area contributed by atoms with Gasteiger partial charge in [0.05, 0.1) is 48.6 Å². The first-order valence-corrected chi connectivity index (χ1v) is 13.9. The van der Waals surface area contributed by atoms with Crippen LogP contribution in [-0.2, 0) is 19.1 Å². The Hall–Kier alpha value is -6.34. The van der Waals surface area contributed by atoms with Crippen molar-refractivity contribution >= 4 is 40.6 Å². The third kappa shape index (κ3) is 6.09. The molecule has 1 heterocycles. The number of hydrogen-bond donors (Lipinski definition) is 3. The summed E-state index contributed by atoms with van der Waals surface area (Å²) in [6.07, 6.45) is 0. The number of anilines is 4. The van der Waals surface area contributed by atoms with Crippen LogP contribution in [0, 0.1) is 11.3 Å². The van der Waals surface area contributed by atoms with Crippen molar-refractivity contribution < 1.29 is 23.9 Å². The number of esters is 2. The van der Waals surface area contributed by atoms with Gasteiger partial charge in [-0.2, -0.15) is 5.26 Å². The van der Waals surface area contributed by atoms with Gasteiger partial charge in [0.2, 0.25) is 0 Å². The summed E-state index contributed by atoms with van der Waals surface area (Å²) in [6, 6.07) is 34.0. The highest BCUT2D eigenvalue weighted by molar-refractivity contribution is 6.11. The normalized spacial score (nSPS) is 14.3. The molecule has 0 aromatic heterocycles. The molecule has 224 valence electrons. The zero-order chi connectivity index (χ0) is 31.9. The number of rotatable bonds is 8. The molecule has 1 amide bonds. The van der Waals surface area contributed by atoms with Crippen molar-refractivity contribution in [2.75, 3.05) is 29.8 Å². The molecule has 0 spiro atoms. The zero-order valence-electron chi connectivity index (χ0n) is 24.5. The second-order valence-electron chi connectivity index (χ2n) is 9.87. The molecule has 10 heteroatoms. The number of carbonyl (C=O) groups excluding carboxylic acids is 3. The number of nitriles is 1. The van der Waals surface area contributed by atoms with Crippen molar-refractivity contribution in [3.63, 3.8) is 0 Å². The van der Waals surface area contributed by atoms with Crippen LogP contribution in [0.4, 0.5) is 22.7 Å². The van der Waals surface area contributed by atoms with E-state index in [1.54, 1.807) is 66.7 Å². The lowest BCUT2D eigenvalue weighted by Gasteiger charge is -2.36. The molecular formula is C35H29N5O5. The van der Waals surface area contributed by atoms with Crippen molar-refractivity contribution in [1.29, 1.82) is 5.26 Å². The number of nitrogens with two attached hydrogens (primary N) is 1. The number of nitrogens with zero attached hydrogens (tertiary/aromatic N) is 2. The first-order valence-electron chi connectivity index (χ1n) is 13.9. The van der Waals surface area contributed by atoms with Gasteiger partial charge in [-0.05, 0) is 54.1 Å². The summed E-state index contributed by atoms with van der Waals surface area (Å²) in [5.74, 6) is -3.46. The first kappa shape index (κ1) is 30.1. The molecule has 0 saturated carbocycles. The van der Waals surface area contributed by atoms with Gasteiger partial charge in [-0.1, -0.05) is 60.7 Å². The van der Waals surface area contributed by atoms with Gasteiger partial charge in [-0.25, -0.2) is 9.59 Å². The van der Waals surface area contributed by atoms with Gasteiger partial charge in [0.25, 0.3) is 5.91 Å². The number of ether oxygens (including phenoxy) is 2. The Balaban J connectivity index is 1.57. The molecule has 0 saturated heterocycles. The summed E-state index contributed by atoms with van der Waals surface area (Å²) in [6.45, 7) is 0. The minimum absolute atomic E-state index is 0.00836. The average Bonchev–Trinajstić information content (AvgIpc) is 3.08. The highest BCUT2D eigenvalue weighted by Gasteiger charge is 2.43. The number of benzene rings is 4. The van der Waals surface area contributed by atoms with Crippen LogP contribution in [0.3, 0.4) is 0 Å². The van der Waals surface area contributed by atoms with Gasteiger partial charge in [-0.3, -0.25) is 9.69 Å². The summed E-state index contributed by atoms with van der Waals surface area (Å²) in [4.78, 5) is 41.7. The molecule has 0 radical (unpaired) electrons. The van der Waals surface area contributed by atoms with Gasteiger partial charge in [0.1, 0.15) is 11.5 Å². The van der Waals surface area contributed by atoms with Gasteiger partial charge < -0.3 is 25.8 Å². The quantitative estimate of drug-likeness (QED) is 0.221. The minimum atomic E-state index is -1.03. The minimum Gasteiger partial charge on any atom is -0.466 e. The van der Waals surface area contributed by atoms with E-state index in [0.717, 1.165) is 18.5 Å². The Morgan fingerprint density at radius 2 is 1.31 bits per heavy atom. The van der Waals surface area contributed by atoms with Gasteiger partial charge in [0, 0.05) is 17.1 Å². The fraction of sp³-hybridized carbons (Fsp3) is 0.0857. The lowest BCUT2D eigenvalue weighted by Crippen LogP contribution is -2.41.